The van der Waals surface area contributed by atoms with E-state index in [4.69, 9.17) is 18.9 Å². The Hall–Kier alpha value is -0.840. The van der Waals surface area contributed by atoms with E-state index in [1.807, 2.05) is 7.11 Å². The largest absolute Gasteiger partial charge is 0.394 e. The molecule has 0 aromatic rings. The van der Waals surface area contributed by atoms with Crippen LogP contribution in [0.4, 0.5) is 0 Å². The quantitative estimate of drug-likeness (QED) is 0.245. The first-order valence-corrected chi connectivity index (χ1v) is 17.9. The van der Waals surface area contributed by atoms with Crippen molar-refractivity contribution in [2.75, 3.05) is 20.8 Å². The SMILES string of the molecule is CO[C@H]1C=C2[C@@H](CC[C@H](O[C@@H]3O[C@H](CO)[C@@H](O)[C@@H](O)[C@H]3O)C2(C)C)[C@]2(C)CC[C@]3(C)[C@@H]([C@H](C)C/C=C/C(C)(C)OC)CC[C@@]3(C)[C@H]12. The van der Waals surface area contributed by atoms with Crippen LogP contribution in [0.15, 0.2) is 23.8 Å². The monoisotopic (exact) mass is 648 g/mol. The molecule has 4 fully saturated rings. The van der Waals surface area contributed by atoms with Crippen LogP contribution < -0.4 is 0 Å². The lowest BCUT2D eigenvalue weighted by molar-refractivity contribution is -0.320. The van der Waals surface area contributed by atoms with Crippen LogP contribution in [0.2, 0.25) is 0 Å². The van der Waals surface area contributed by atoms with E-state index in [1.165, 1.54) is 24.8 Å². The van der Waals surface area contributed by atoms with Crippen LogP contribution in [-0.4, -0.2) is 89.8 Å². The lowest BCUT2D eigenvalue weighted by Crippen LogP contribution is -2.64. The summed E-state index contributed by atoms with van der Waals surface area (Å²) in [7, 11) is 3.64. The molecule has 264 valence electrons. The molecule has 0 unspecified atom stereocenters. The summed E-state index contributed by atoms with van der Waals surface area (Å²) in [5.41, 5.74) is 1.19. The van der Waals surface area contributed by atoms with E-state index in [2.05, 4.69) is 73.6 Å². The van der Waals surface area contributed by atoms with E-state index in [-0.39, 0.29) is 39.5 Å². The van der Waals surface area contributed by atoms with Crippen LogP contribution >= 0.6 is 0 Å². The van der Waals surface area contributed by atoms with Gasteiger partial charge in [0.15, 0.2) is 6.29 Å². The van der Waals surface area contributed by atoms with Crippen molar-refractivity contribution in [3.05, 3.63) is 23.8 Å². The van der Waals surface area contributed by atoms with Crippen molar-refractivity contribution in [2.24, 2.45) is 45.3 Å². The first kappa shape index (κ1) is 36.4. The molecule has 0 aromatic carbocycles. The average Bonchev–Trinajstić information content (AvgIpc) is 3.28. The molecule has 46 heavy (non-hydrogen) atoms. The molecule has 0 spiro atoms. The predicted octanol–water partition coefficient (Wildman–Crippen LogP) is 5.41. The Morgan fingerprint density at radius 1 is 0.957 bits per heavy atom. The van der Waals surface area contributed by atoms with Crippen molar-refractivity contribution in [3.63, 3.8) is 0 Å². The molecule has 5 rings (SSSR count). The molecule has 0 bridgehead atoms. The smallest absolute Gasteiger partial charge is 0.187 e. The zero-order valence-corrected chi connectivity index (χ0v) is 30.2. The van der Waals surface area contributed by atoms with Crippen LogP contribution in [0.3, 0.4) is 0 Å². The van der Waals surface area contributed by atoms with Gasteiger partial charge in [-0.2, -0.15) is 0 Å². The van der Waals surface area contributed by atoms with Gasteiger partial charge in [-0.3, -0.25) is 0 Å². The number of allylic oxidation sites excluding steroid dienone is 1. The van der Waals surface area contributed by atoms with Crippen molar-refractivity contribution in [1.29, 1.82) is 0 Å². The Kier molecular flexibility index (Phi) is 10.1. The van der Waals surface area contributed by atoms with E-state index >= 15 is 0 Å². The Morgan fingerprint density at radius 2 is 1.65 bits per heavy atom. The van der Waals surface area contributed by atoms with Crippen LogP contribution in [-0.2, 0) is 18.9 Å². The number of hydrogen-bond donors (Lipinski definition) is 4. The molecule has 8 nitrogen and oxygen atoms in total. The molecule has 5 aliphatic rings. The zero-order chi connectivity index (χ0) is 34.0. The van der Waals surface area contributed by atoms with Gasteiger partial charge >= 0.3 is 0 Å². The number of ether oxygens (including phenoxy) is 4. The molecule has 0 aromatic heterocycles. The topological polar surface area (TPSA) is 118 Å². The van der Waals surface area contributed by atoms with Crippen molar-refractivity contribution >= 4 is 0 Å². The molecule has 0 radical (unpaired) electrons. The fourth-order valence-corrected chi connectivity index (χ4v) is 11.3. The lowest BCUT2D eigenvalue weighted by atomic mass is 9.38. The Balaban J connectivity index is 1.41. The van der Waals surface area contributed by atoms with Gasteiger partial charge in [-0.1, -0.05) is 65.3 Å². The van der Waals surface area contributed by atoms with Crippen LogP contribution in [0.1, 0.15) is 100 Å². The molecule has 1 saturated heterocycles. The van der Waals surface area contributed by atoms with E-state index in [9.17, 15) is 20.4 Å². The standard InChI is InChI=1S/C38H64O8/c1-22(12-11-16-34(2,3)44-10)23-15-17-38(8)32-26(43-9)20-25-24(36(32,6)18-19-37(23,38)7)13-14-28(35(25,4)5)46-33-31(42)30(41)29(40)27(21-39)45-33/h11,16,20,22-24,26-33,39-42H,12-15,17-19,21H2,1-10H3/b16-11+/t22-,23-,24-,26+,27-,28+,29-,30-,31-,32-,33+,36+,37-,38+/m1/s1. The minimum absolute atomic E-state index is 0.0115. The van der Waals surface area contributed by atoms with Gasteiger partial charge in [-0.05, 0) is 92.8 Å². The van der Waals surface area contributed by atoms with Gasteiger partial charge in [0.05, 0.1) is 24.4 Å². The number of hydrogen-bond acceptors (Lipinski definition) is 8. The minimum Gasteiger partial charge on any atom is -0.394 e. The number of rotatable bonds is 9. The predicted molar refractivity (Wildman–Crippen MR) is 178 cm³/mol. The molecule has 4 aliphatic carbocycles. The van der Waals surface area contributed by atoms with E-state index in [0.29, 0.717) is 23.7 Å². The summed E-state index contributed by atoms with van der Waals surface area (Å²) in [5.74, 6) is 2.03. The van der Waals surface area contributed by atoms with Crippen molar-refractivity contribution in [1.82, 2.24) is 0 Å². The summed E-state index contributed by atoms with van der Waals surface area (Å²) in [6.07, 6.45) is 7.96. The Labute approximate surface area is 277 Å². The van der Waals surface area contributed by atoms with Crippen molar-refractivity contribution in [3.8, 4) is 0 Å². The Bertz CT molecular complexity index is 1150. The van der Waals surface area contributed by atoms with Gasteiger partial charge in [0, 0.05) is 25.6 Å². The molecule has 0 amide bonds. The summed E-state index contributed by atoms with van der Waals surface area (Å²) < 4.78 is 24.3. The van der Waals surface area contributed by atoms with Crippen LogP contribution in [0.25, 0.3) is 0 Å². The maximum Gasteiger partial charge on any atom is 0.187 e. The molecule has 1 aliphatic heterocycles. The summed E-state index contributed by atoms with van der Waals surface area (Å²) in [6.45, 7) is 18.3. The number of aliphatic hydroxyl groups is 4. The summed E-state index contributed by atoms with van der Waals surface area (Å²) in [5, 5.41) is 41.1. The third kappa shape index (κ3) is 5.69. The first-order valence-electron chi connectivity index (χ1n) is 17.9. The molecule has 8 heteroatoms. The first-order chi connectivity index (χ1) is 21.4. The molecular weight excluding hydrogens is 584 g/mol. The third-order valence-corrected chi connectivity index (χ3v) is 14.4. The minimum atomic E-state index is -1.45. The van der Waals surface area contributed by atoms with Crippen LogP contribution in [0, 0.1) is 45.3 Å². The highest BCUT2D eigenvalue weighted by Gasteiger charge is 2.69. The summed E-state index contributed by atoms with van der Waals surface area (Å²) >= 11 is 0. The number of aliphatic hydroxyl groups excluding tert-OH is 4. The maximum absolute atomic E-state index is 10.7. The average molecular weight is 649 g/mol. The summed E-state index contributed by atoms with van der Waals surface area (Å²) in [4.78, 5) is 0. The molecular formula is C38H64O8. The third-order valence-electron chi connectivity index (χ3n) is 14.4. The normalized spacial score (nSPS) is 48.0. The fourth-order valence-electron chi connectivity index (χ4n) is 11.3. The van der Waals surface area contributed by atoms with Gasteiger partial charge in [-0.25, -0.2) is 0 Å². The lowest BCUT2D eigenvalue weighted by Gasteiger charge is -2.67. The van der Waals surface area contributed by atoms with E-state index in [0.717, 1.165) is 25.7 Å². The van der Waals surface area contributed by atoms with Gasteiger partial charge in [0.1, 0.15) is 24.4 Å². The second-order valence-corrected chi connectivity index (χ2v) is 17.4. The van der Waals surface area contributed by atoms with Crippen molar-refractivity contribution < 1.29 is 39.4 Å². The zero-order valence-electron chi connectivity index (χ0n) is 30.2. The highest BCUT2D eigenvalue weighted by Crippen LogP contribution is 2.75. The molecule has 14 atom stereocenters. The molecule has 4 N–H and O–H groups in total. The Morgan fingerprint density at radius 3 is 2.28 bits per heavy atom. The van der Waals surface area contributed by atoms with Gasteiger partial charge in [-0.15, -0.1) is 0 Å². The van der Waals surface area contributed by atoms with E-state index < -0.39 is 37.3 Å². The van der Waals surface area contributed by atoms with E-state index in [1.54, 1.807) is 7.11 Å². The fraction of sp³-hybridized carbons (Fsp3) is 0.895. The van der Waals surface area contributed by atoms with Gasteiger partial charge < -0.3 is 39.4 Å². The van der Waals surface area contributed by atoms with Gasteiger partial charge in [0.2, 0.25) is 0 Å². The number of methoxy groups -OCH3 is 2. The number of fused-ring (bicyclic) bond motifs is 5. The second kappa shape index (κ2) is 12.8. The summed E-state index contributed by atoms with van der Waals surface area (Å²) in [6, 6.07) is 0. The highest BCUT2D eigenvalue weighted by atomic mass is 16.7. The second-order valence-electron chi connectivity index (χ2n) is 17.4. The van der Waals surface area contributed by atoms with Crippen LogP contribution in [0.5, 0.6) is 0 Å². The maximum atomic E-state index is 10.7. The van der Waals surface area contributed by atoms with Crippen molar-refractivity contribution in [2.45, 2.75) is 149 Å². The molecule has 1 heterocycles. The van der Waals surface area contributed by atoms with Gasteiger partial charge in [0.25, 0.3) is 0 Å². The highest BCUT2D eigenvalue weighted by molar-refractivity contribution is 5.33. The molecule has 3 saturated carbocycles.